The van der Waals surface area contributed by atoms with Gasteiger partial charge in [0.2, 0.25) is 0 Å². The average molecular weight is 244 g/mol. The Hall–Kier alpha value is -1.68. The maximum absolute atomic E-state index is 12.1. The number of carbonyl (C=O) groups is 1. The van der Waals surface area contributed by atoms with E-state index in [9.17, 15) is 4.79 Å². The molecule has 1 fully saturated rings. The first-order chi connectivity index (χ1) is 8.34. The highest BCUT2D eigenvalue weighted by Gasteiger charge is 2.25. The number of nitrogens with one attached hydrogen (secondary N) is 1. The van der Waals surface area contributed by atoms with E-state index in [0.717, 1.165) is 24.1 Å². The molecular weight excluding hydrogens is 232 g/mol. The van der Waals surface area contributed by atoms with Gasteiger partial charge in [-0.15, -0.1) is 0 Å². The summed E-state index contributed by atoms with van der Waals surface area (Å²) in [5.41, 5.74) is 2.45. The Morgan fingerprint density at radius 2 is 2.29 bits per heavy atom. The van der Waals surface area contributed by atoms with E-state index in [0.29, 0.717) is 11.6 Å². The number of rotatable bonds is 3. The van der Waals surface area contributed by atoms with Crippen LogP contribution < -0.4 is 5.32 Å². The lowest BCUT2D eigenvalue weighted by Gasteiger charge is -2.07. The lowest BCUT2D eigenvalue weighted by Crippen LogP contribution is -2.26. The van der Waals surface area contributed by atoms with Crippen molar-refractivity contribution in [3.63, 3.8) is 0 Å². The number of nitrogens with zero attached hydrogens (tertiary/aromatic N) is 1. The van der Waals surface area contributed by atoms with Gasteiger partial charge < -0.3 is 5.32 Å². The zero-order valence-electron chi connectivity index (χ0n) is 9.22. The maximum atomic E-state index is 12.1. The Bertz CT molecular complexity index is 532. The number of pyridine rings is 1. The first-order valence-electron chi connectivity index (χ1n) is 5.63. The molecule has 86 valence electrons. The molecule has 2 aromatic heterocycles. The fourth-order valence-corrected chi connectivity index (χ4v) is 2.35. The molecule has 0 saturated heterocycles. The first-order valence-corrected chi connectivity index (χ1v) is 6.57. The second kappa shape index (κ2) is 4.30. The predicted octanol–water partition coefficient (Wildman–Crippen LogP) is 2.70. The van der Waals surface area contributed by atoms with Crippen molar-refractivity contribution in [3.05, 3.63) is 40.7 Å². The fourth-order valence-electron chi connectivity index (χ4n) is 1.71. The van der Waals surface area contributed by atoms with E-state index < -0.39 is 0 Å². The van der Waals surface area contributed by atoms with Gasteiger partial charge in [-0.25, -0.2) is 0 Å². The first kappa shape index (κ1) is 10.5. The minimum atomic E-state index is -0.0122. The average Bonchev–Trinajstić information content (AvgIpc) is 3.00. The second-order valence-electron chi connectivity index (χ2n) is 4.16. The van der Waals surface area contributed by atoms with Crippen LogP contribution in [0.3, 0.4) is 0 Å². The van der Waals surface area contributed by atoms with E-state index in [1.54, 1.807) is 23.6 Å². The molecular formula is C13H12N2OS. The minimum absolute atomic E-state index is 0.0122. The lowest BCUT2D eigenvalue weighted by atomic mass is 10.1. The van der Waals surface area contributed by atoms with E-state index >= 15 is 0 Å². The molecule has 0 radical (unpaired) electrons. The standard InChI is InChI=1S/C13H12N2OS/c16-13(15-10-3-4-10)11-2-1-6-14-12(11)9-5-7-17-8-9/h1-2,5-8,10H,3-4H2,(H,15,16). The smallest absolute Gasteiger partial charge is 0.253 e. The number of thiophene rings is 1. The van der Waals surface area contributed by atoms with Crippen LogP contribution in [0.25, 0.3) is 11.3 Å². The Morgan fingerprint density at radius 1 is 1.41 bits per heavy atom. The molecule has 2 aromatic rings. The number of amides is 1. The van der Waals surface area contributed by atoms with Gasteiger partial charge in [-0.1, -0.05) is 0 Å². The molecule has 0 aliphatic heterocycles. The molecule has 4 heteroatoms. The van der Waals surface area contributed by atoms with Crippen LogP contribution in [-0.4, -0.2) is 16.9 Å². The molecule has 1 amide bonds. The molecule has 1 saturated carbocycles. The van der Waals surface area contributed by atoms with Gasteiger partial charge in [0, 0.05) is 23.2 Å². The summed E-state index contributed by atoms with van der Waals surface area (Å²) in [4.78, 5) is 16.4. The van der Waals surface area contributed by atoms with Crippen LogP contribution in [0.4, 0.5) is 0 Å². The predicted molar refractivity (Wildman–Crippen MR) is 68.0 cm³/mol. The molecule has 1 aliphatic rings. The SMILES string of the molecule is O=C(NC1CC1)c1cccnc1-c1ccsc1. The van der Waals surface area contributed by atoms with Crippen molar-refractivity contribution in [2.75, 3.05) is 0 Å². The number of aromatic nitrogens is 1. The minimum Gasteiger partial charge on any atom is -0.349 e. The van der Waals surface area contributed by atoms with E-state index in [1.165, 1.54) is 0 Å². The largest absolute Gasteiger partial charge is 0.349 e. The summed E-state index contributed by atoms with van der Waals surface area (Å²) in [5, 5.41) is 7.00. The van der Waals surface area contributed by atoms with Gasteiger partial charge in [0.25, 0.3) is 5.91 Å². The van der Waals surface area contributed by atoms with Gasteiger partial charge in [0.05, 0.1) is 11.3 Å². The lowest BCUT2D eigenvalue weighted by molar-refractivity contribution is 0.0951. The van der Waals surface area contributed by atoms with Gasteiger partial charge in [-0.2, -0.15) is 11.3 Å². The van der Waals surface area contributed by atoms with Crippen molar-refractivity contribution in [2.24, 2.45) is 0 Å². The highest BCUT2D eigenvalue weighted by molar-refractivity contribution is 7.08. The molecule has 1 N–H and O–H groups in total. The third kappa shape index (κ3) is 2.22. The molecule has 3 rings (SSSR count). The van der Waals surface area contributed by atoms with Crippen LogP contribution in [-0.2, 0) is 0 Å². The van der Waals surface area contributed by atoms with Crippen molar-refractivity contribution in [1.29, 1.82) is 0 Å². The van der Waals surface area contributed by atoms with Gasteiger partial charge in [-0.05, 0) is 36.4 Å². The summed E-state index contributed by atoms with van der Waals surface area (Å²) in [6.07, 6.45) is 3.92. The Balaban J connectivity index is 1.95. The van der Waals surface area contributed by atoms with Crippen molar-refractivity contribution in [3.8, 4) is 11.3 Å². The third-order valence-electron chi connectivity index (χ3n) is 2.76. The van der Waals surface area contributed by atoms with Crippen LogP contribution in [0.2, 0.25) is 0 Å². The summed E-state index contributed by atoms with van der Waals surface area (Å²) >= 11 is 1.61. The normalized spacial score (nSPS) is 14.6. The highest BCUT2D eigenvalue weighted by atomic mass is 32.1. The summed E-state index contributed by atoms with van der Waals surface area (Å²) in [7, 11) is 0. The second-order valence-corrected chi connectivity index (χ2v) is 4.94. The number of carbonyl (C=O) groups excluding carboxylic acids is 1. The summed E-state index contributed by atoms with van der Waals surface area (Å²) < 4.78 is 0. The molecule has 2 heterocycles. The molecule has 0 aromatic carbocycles. The Labute approximate surface area is 104 Å². The topological polar surface area (TPSA) is 42.0 Å². The highest BCUT2D eigenvalue weighted by Crippen LogP contribution is 2.25. The Morgan fingerprint density at radius 3 is 3.00 bits per heavy atom. The van der Waals surface area contributed by atoms with Crippen LogP contribution in [0, 0.1) is 0 Å². The molecule has 17 heavy (non-hydrogen) atoms. The van der Waals surface area contributed by atoms with Gasteiger partial charge in [0.15, 0.2) is 0 Å². The quantitative estimate of drug-likeness (QED) is 0.902. The van der Waals surface area contributed by atoms with E-state index in [4.69, 9.17) is 0 Å². The zero-order valence-corrected chi connectivity index (χ0v) is 10.0. The summed E-state index contributed by atoms with van der Waals surface area (Å²) in [6, 6.07) is 5.99. The van der Waals surface area contributed by atoms with E-state index in [-0.39, 0.29) is 5.91 Å². The molecule has 3 nitrogen and oxygen atoms in total. The molecule has 0 spiro atoms. The fraction of sp³-hybridized carbons (Fsp3) is 0.231. The van der Waals surface area contributed by atoms with Gasteiger partial charge in [-0.3, -0.25) is 9.78 Å². The molecule has 1 aliphatic carbocycles. The van der Waals surface area contributed by atoms with Crippen molar-refractivity contribution in [2.45, 2.75) is 18.9 Å². The third-order valence-corrected chi connectivity index (χ3v) is 3.44. The van der Waals surface area contributed by atoms with Gasteiger partial charge >= 0.3 is 0 Å². The van der Waals surface area contributed by atoms with Crippen molar-refractivity contribution >= 4 is 17.2 Å². The van der Waals surface area contributed by atoms with Crippen LogP contribution in [0.1, 0.15) is 23.2 Å². The van der Waals surface area contributed by atoms with E-state index in [2.05, 4.69) is 10.3 Å². The van der Waals surface area contributed by atoms with Crippen LogP contribution in [0.5, 0.6) is 0 Å². The number of hydrogen-bond donors (Lipinski definition) is 1. The Kier molecular flexibility index (Phi) is 2.65. The maximum Gasteiger partial charge on any atom is 0.253 e. The van der Waals surface area contributed by atoms with Crippen molar-refractivity contribution in [1.82, 2.24) is 10.3 Å². The molecule has 0 bridgehead atoms. The molecule has 0 atom stereocenters. The summed E-state index contributed by atoms with van der Waals surface area (Å²) in [5.74, 6) is -0.0122. The summed E-state index contributed by atoms with van der Waals surface area (Å²) in [6.45, 7) is 0. The molecule has 0 unspecified atom stereocenters. The van der Waals surface area contributed by atoms with Crippen molar-refractivity contribution < 1.29 is 4.79 Å². The number of hydrogen-bond acceptors (Lipinski definition) is 3. The zero-order chi connectivity index (χ0) is 11.7. The van der Waals surface area contributed by atoms with Crippen LogP contribution >= 0.6 is 11.3 Å². The van der Waals surface area contributed by atoms with E-state index in [1.807, 2.05) is 22.9 Å². The van der Waals surface area contributed by atoms with Gasteiger partial charge in [0.1, 0.15) is 0 Å². The monoisotopic (exact) mass is 244 g/mol. The van der Waals surface area contributed by atoms with Crippen LogP contribution in [0.15, 0.2) is 35.2 Å².